The van der Waals surface area contributed by atoms with E-state index in [-0.39, 0.29) is 28.6 Å². The molecule has 0 spiro atoms. The van der Waals surface area contributed by atoms with Gasteiger partial charge in [-0.15, -0.1) is 0 Å². The molecule has 2 aromatic carbocycles. The highest BCUT2D eigenvalue weighted by Gasteiger charge is 2.42. The highest BCUT2D eigenvalue weighted by molar-refractivity contribution is 9.10. The standard InChI is InChI=1S/C45H68Br2O4/c1-43(2,3)50-41(48)25-21-17-13-9-7-11-15-19-23-31-45(39-33-35(46)27-29-37(39)38-30-28-36(47)34-40(38)45)32-24-20-16-12-8-10-14-18-22-26-42(49)51-44(4,5)6/h27-30,33-34H,7-26,31-32H2,1-6H3. The minimum atomic E-state index is -0.385. The van der Waals surface area contributed by atoms with Crippen LogP contribution in [-0.4, -0.2) is 23.1 Å². The average molecular weight is 833 g/mol. The van der Waals surface area contributed by atoms with Crippen molar-refractivity contribution in [1.29, 1.82) is 0 Å². The minimum absolute atomic E-state index is 0.0657. The van der Waals surface area contributed by atoms with Crippen LogP contribution >= 0.6 is 31.9 Å². The molecule has 2 aromatic rings. The highest BCUT2D eigenvalue weighted by atomic mass is 79.9. The molecule has 1 aliphatic carbocycles. The Morgan fingerprint density at radius 2 is 0.784 bits per heavy atom. The van der Waals surface area contributed by atoms with Crippen LogP contribution in [0.25, 0.3) is 11.1 Å². The van der Waals surface area contributed by atoms with Crippen molar-refractivity contribution in [3.05, 3.63) is 56.5 Å². The summed E-state index contributed by atoms with van der Waals surface area (Å²) in [5.74, 6) is -0.131. The minimum Gasteiger partial charge on any atom is -0.460 e. The van der Waals surface area contributed by atoms with E-state index in [1.807, 2.05) is 41.5 Å². The molecule has 0 radical (unpaired) electrons. The summed E-state index contributed by atoms with van der Waals surface area (Å²) < 4.78 is 13.2. The molecule has 0 saturated heterocycles. The molecule has 0 aliphatic heterocycles. The number of carbonyl (C=O) groups is 2. The molecule has 286 valence electrons. The van der Waals surface area contributed by atoms with Gasteiger partial charge in [0.1, 0.15) is 11.2 Å². The molecule has 51 heavy (non-hydrogen) atoms. The summed E-state index contributed by atoms with van der Waals surface area (Å²) in [4.78, 5) is 23.9. The van der Waals surface area contributed by atoms with Crippen LogP contribution < -0.4 is 0 Å². The fraction of sp³-hybridized carbons (Fsp3) is 0.689. The monoisotopic (exact) mass is 830 g/mol. The first kappa shape index (κ1) is 43.7. The lowest BCUT2D eigenvalue weighted by Crippen LogP contribution is -2.25. The Morgan fingerprint density at radius 3 is 1.10 bits per heavy atom. The third-order valence-electron chi connectivity index (χ3n) is 10.1. The zero-order valence-corrected chi connectivity index (χ0v) is 36.1. The van der Waals surface area contributed by atoms with Crippen molar-refractivity contribution in [2.75, 3.05) is 0 Å². The van der Waals surface area contributed by atoms with E-state index >= 15 is 0 Å². The van der Waals surface area contributed by atoms with Gasteiger partial charge in [0.2, 0.25) is 0 Å². The Kier molecular flexibility index (Phi) is 18.8. The number of unbranched alkanes of at least 4 members (excludes halogenated alkanes) is 16. The van der Waals surface area contributed by atoms with Crippen molar-refractivity contribution >= 4 is 43.8 Å². The van der Waals surface area contributed by atoms with Crippen molar-refractivity contribution in [3.63, 3.8) is 0 Å². The van der Waals surface area contributed by atoms with Crippen LogP contribution in [0, 0.1) is 0 Å². The van der Waals surface area contributed by atoms with Crippen molar-refractivity contribution in [1.82, 2.24) is 0 Å². The van der Waals surface area contributed by atoms with E-state index in [1.165, 1.54) is 134 Å². The molecule has 1 aliphatic rings. The fourth-order valence-corrected chi connectivity index (χ4v) is 8.48. The Bertz CT molecular complexity index is 1250. The predicted molar refractivity (Wildman–Crippen MR) is 221 cm³/mol. The molecule has 0 amide bonds. The average Bonchev–Trinajstić information content (AvgIpc) is 3.28. The van der Waals surface area contributed by atoms with Gasteiger partial charge in [-0.25, -0.2) is 0 Å². The van der Waals surface area contributed by atoms with Crippen molar-refractivity contribution in [3.8, 4) is 11.1 Å². The van der Waals surface area contributed by atoms with Gasteiger partial charge in [-0.05, 0) is 114 Å². The number of ether oxygens (including phenoxy) is 2. The number of rotatable bonds is 24. The van der Waals surface area contributed by atoms with Crippen LogP contribution in [0.2, 0.25) is 0 Å². The van der Waals surface area contributed by atoms with E-state index in [2.05, 4.69) is 68.3 Å². The predicted octanol–water partition coefficient (Wildman–Crippen LogP) is 14.7. The maximum Gasteiger partial charge on any atom is 0.306 e. The molecule has 0 saturated carbocycles. The second-order valence-electron chi connectivity index (χ2n) is 17.0. The SMILES string of the molecule is CC(C)(C)OC(=O)CCCCCCCCCCCC1(CCCCCCCCCCCC(=O)OC(C)(C)C)c2cc(Br)ccc2-c2ccc(Br)cc21. The summed E-state index contributed by atoms with van der Waals surface area (Å²) in [5, 5.41) is 0. The summed E-state index contributed by atoms with van der Waals surface area (Å²) in [6.45, 7) is 11.6. The van der Waals surface area contributed by atoms with Crippen LogP contribution in [0.5, 0.6) is 0 Å². The highest BCUT2D eigenvalue weighted by Crippen LogP contribution is 2.55. The molecule has 0 unspecified atom stereocenters. The number of hydrogen-bond acceptors (Lipinski definition) is 4. The lowest BCUT2D eigenvalue weighted by atomic mass is 9.70. The summed E-state index contributed by atoms with van der Waals surface area (Å²) in [5.41, 5.74) is 5.16. The summed E-state index contributed by atoms with van der Waals surface area (Å²) in [6.07, 6.45) is 25.4. The number of fused-ring (bicyclic) bond motifs is 3. The van der Waals surface area contributed by atoms with Crippen LogP contribution in [0.15, 0.2) is 45.3 Å². The molecule has 0 heterocycles. The normalized spacial score (nSPS) is 13.6. The number of esters is 2. The van der Waals surface area contributed by atoms with Gasteiger partial charge in [-0.3, -0.25) is 9.59 Å². The van der Waals surface area contributed by atoms with Crippen LogP contribution in [0.3, 0.4) is 0 Å². The van der Waals surface area contributed by atoms with E-state index in [1.54, 1.807) is 0 Å². The largest absolute Gasteiger partial charge is 0.460 e. The number of hydrogen-bond donors (Lipinski definition) is 0. The van der Waals surface area contributed by atoms with Crippen molar-refractivity contribution in [2.24, 2.45) is 0 Å². The molecule has 3 rings (SSSR count). The molecule has 0 atom stereocenters. The van der Waals surface area contributed by atoms with Crippen LogP contribution in [-0.2, 0) is 24.5 Å². The van der Waals surface area contributed by atoms with E-state index in [9.17, 15) is 9.59 Å². The third kappa shape index (κ3) is 16.1. The fourth-order valence-electron chi connectivity index (χ4n) is 7.76. The van der Waals surface area contributed by atoms with Gasteiger partial charge in [-0.1, -0.05) is 147 Å². The van der Waals surface area contributed by atoms with E-state index in [0.717, 1.165) is 25.7 Å². The zero-order valence-electron chi connectivity index (χ0n) is 32.9. The smallest absolute Gasteiger partial charge is 0.306 e. The Morgan fingerprint density at radius 1 is 0.490 bits per heavy atom. The molecular formula is C45H68Br2O4. The summed E-state index contributed by atoms with van der Waals surface area (Å²) in [7, 11) is 0. The van der Waals surface area contributed by atoms with E-state index in [4.69, 9.17) is 9.47 Å². The van der Waals surface area contributed by atoms with Crippen LogP contribution in [0.1, 0.15) is 194 Å². The second-order valence-corrected chi connectivity index (χ2v) is 18.8. The van der Waals surface area contributed by atoms with Gasteiger partial charge in [0, 0.05) is 27.2 Å². The number of halogens is 2. The first-order chi connectivity index (χ1) is 24.2. The Labute approximate surface area is 328 Å². The second kappa shape index (κ2) is 21.9. The third-order valence-corrected chi connectivity index (χ3v) is 11.1. The maximum atomic E-state index is 11.9. The maximum absolute atomic E-state index is 11.9. The zero-order chi connectivity index (χ0) is 37.3. The van der Waals surface area contributed by atoms with Gasteiger partial charge in [0.05, 0.1) is 0 Å². The molecular weight excluding hydrogens is 764 g/mol. The topological polar surface area (TPSA) is 52.6 Å². The van der Waals surface area contributed by atoms with Crippen LogP contribution in [0.4, 0.5) is 0 Å². The molecule has 0 aromatic heterocycles. The first-order valence-electron chi connectivity index (χ1n) is 20.2. The summed E-state index contributed by atoms with van der Waals surface area (Å²) >= 11 is 7.65. The summed E-state index contributed by atoms with van der Waals surface area (Å²) in [6, 6.07) is 13.9. The van der Waals surface area contributed by atoms with Gasteiger partial charge >= 0.3 is 11.9 Å². The molecule has 6 heteroatoms. The quantitative estimate of drug-likeness (QED) is 0.0781. The molecule has 0 fully saturated rings. The lowest BCUT2D eigenvalue weighted by molar-refractivity contribution is -0.156. The molecule has 0 bridgehead atoms. The lowest BCUT2D eigenvalue weighted by Gasteiger charge is -2.33. The van der Waals surface area contributed by atoms with Crippen molar-refractivity contribution < 1.29 is 19.1 Å². The van der Waals surface area contributed by atoms with Gasteiger partial charge in [-0.2, -0.15) is 0 Å². The van der Waals surface area contributed by atoms with Crippen molar-refractivity contribution in [2.45, 2.75) is 199 Å². The van der Waals surface area contributed by atoms with Gasteiger partial charge in [0.15, 0.2) is 0 Å². The van der Waals surface area contributed by atoms with E-state index in [0.29, 0.717) is 12.8 Å². The van der Waals surface area contributed by atoms with Gasteiger partial charge < -0.3 is 9.47 Å². The van der Waals surface area contributed by atoms with E-state index < -0.39 is 0 Å². The number of benzene rings is 2. The van der Waals surface area contributed by atoms with Gasteiger partial charge in [0.25, 0.3) is 0 Å². The Hall–Kier alpha value is -1.66. The number of carbonyl (C=O) groups excluding carboxylic acids is 2. The first-order valence-corrected chi connectivity index (χ1v) is 21.8. The Balaban J connectivity index is 1.42. The molecule has 4 nitrogen and oxygen atoms in total. The molecule has 0 N–H and O–H groups in total.